The number of nitrogens with one attached hydrogen (secondary N) is 1. The summed E-state index contributed by atoms with van der Waals surface area (Å²) in [6, 6.07) is 3.36. The maximum atomic E-state index is 11.9. The molecule has 0 spiro atoms. The van der Waals surface area contributed by atoms with Crippen molar-refractivity contribution >= 4 is 11.6 Å². The number of aliphatic hydroxyl groups is 1. The van der Waals surface area contributed by atoms with E-state index in [0.29, 0.717) is 24.4 Å². The second-order valence-electron chi connectivity index (χ2n) is 4.28. The van der Waals surface area contributed by atoms with E-state index in [1.165, 1.54) is 13.3 Å². The Morgan fingerprint density at radius 2 is 2.18 bits per heavy atom. The first-order chi connectivity index (χ1) is 8.14. The van der Waals surface area contributed by atoms with E-state index in [9.17, 15) is 9.90 Å². The number of carbonyl (C=O) groups excluding carboxylic acids is 1. The van der Waals surface area contributed by atoms with Gasteiger partial charge in [-0.3, -0.25) is 4.79 Å². The fourth-order valence-corrected chi connectivity index (χ4v) is 2.01. The van der Waals surface area contributed by atoms with E-state index in [-0.39, 0.29) is 5.91 Å². The molecule has 0 aliphatic heterocycles. The van der Waals surface area contributed by atoms with Gasteiger partial charge >= 0.3 is 0 Å². The maximum Gasteiger partial charge on any atom is 0.256 e. The monoisotopic (exact) mass is 236 g/mol. The number of pyridine rings is 1. The van der Waals surface area contributed by atoms with E-state index in [1.807, 2.05) is 0 Å². The van der Waals surface area contributed by atoms with Crippen molar-refractivity contribution in [3.8, 4) is 5.88 Å². The van der Waals surface area contributed by atoms with Crippen LogP contribution in [-0.2, 0) is 4.79 Å². The van der Waals surface area contributed by atoms with Crippen LogP contribution in [0.1, 0.15) is 25.7 Å². The van der Waals surface area contributed by atoms with Crippen LogP contribution < -0.4 is 10.1 Å². The molecule has 1 saturated carbocycles. The Hall–Kier alpha value is -1.62. The molecular weight excluding hydrogens is 220 g/mol. The Labute approximate surface area is 99.8 Å². The van der Waals surface area contributed by atoms with Crippen LogP contribution in [-0.4, -0.2) is 28.7 Å². The van der Waals surface area contributed by atoms with E-state index < -0.39 is 5.60 Å². The minimum absolute atomic E-state index is 0.345. The number of hydrogen-bond donors (Lipinski definition) is 2. The topological polar surface area (TPSA) is 71.5 Å². The first-order valence-corrected chi connectivity index (χ1v) is 5.68. The first kappa shape index (κ1) is 11.9. The van der Waals surface area contributed by atoms with Gasteiger partial charge in [0.2, 0.25) is 5.88 Å². The third kappa shape index (κ3) is 2.55. The Morgan fingerprint density at radius 1 is 1.47 bits per heavy atom. The van der Waals surface area contributed by atoms with Crippen LogP contribution >= 0.6 is 0 Å². The van der Waals surface area contributed by atoms with Gasteiger partial charge in [0.15, 0.2) is 0 Å². The van der Waals surface area contributed by atoms with Crippen molar-refractivity contribution < 1.29 is 14.6 Å². The number of amides is 1. The van der Waals surface area contributed by atoms with Crippen LogP contribution in [0.5, 0.6) is 5.88 Å². The molecule has 92 valence electrons. The van der Waals surface area contributed by atoms with Gasteiger partial charge in [-0.25, -0.2) is 4.98 Å². The molecule has 1 aliphatic rings. The minimum atomic E-state index is -1.21. The number of carbonyl (C=O) groups is 1. The zero-order valence-electron chi connectivity index (χ0n) is 9.77. The molecule has 5 nitrogen and oxygen atoms in total. The summed E-state index contributed by atoms with van der Waals surface area (Å²) in [6.07, 6.45) is 4.36. The second kappa shape index (κ2) is 4.71. The zero-order valence-corrected chi connectivity index (χ0v) is 9.77. The third-order valence-electron chi connectivity index (χ3n) is 3.06. The molecule has 1 aromatic rings. The molecule has 0 saturated heterocycles. The van der Waals surface area contributed by atoms with Gasteiger partial charge in [0.25, 0.3) is 5.91 Å². The number of hydrogen-bond acceptors (Lipinski definition) is 4. The molecule has 0 unspecified atom stereocenters. The second-order valence-corrected chi connectivity index (χ2v) is 4.28. The number of ether oxygens (including phenoxy) is 1. The average Bonchev–Trinajstić information content (AvgIpc) is 2.78. The quantitative estimate of drug-likeness (QED) is 0.830. The number of rotatable bonds is 3. The van der Waals surface area contributed by atoms with Gasteiger partial charge in [0, 0.05) is 6.07 Å². The highest BCUT2D eigenvalue weighted by molar-refractivity contribution is 5.97. The fourth-order valence-electron chi connectivity index (χ4n) is 2.01. The van der Waals surface area contributed by atoms with Gasteiger partial charge in [-0.05, 0) is 31.7 Å². The Kier molecular flexibility index (Phi) is 3.28. The molecule has 2 N–H and O–H groups in total. The molecule has 17 heavy (non-hydrogen) atoms. The van der Waals surface area contributed by atoms with Gasteiger partial charge in [0.05, 0.1) is 19.0 Å². The van der Waals surface area contributed by atoms with Crippen LogP contribution in [0, 0.1) is 0 Å². The lowest BCUT2D eigenvalue weighted by Gasteiger charge is -2.20. The molecular formula is C12H16N2O3. The molecule has 0 atom stereocenters. The van der Waals surface area contributed by atoms with Crippen molar-refractivity contribution in [2.75, 3.05) is 12.4 Å². The van der Waals surface area contributed by atoms with Crippen molar-refractivity contribution in [3.05, 3.63) is 18.3 Å². The van der Waals surface area contributed by atoms with E-state index in [0.717, 1.165) is 12.8 Å². The van der Waals surface area contributed by atoms with E-state index in [4.69, 9.17) is 4.74 Å². The molecule has 0 aromatic carbocycles. The van der Waals surface area contributed by atoms with Crippen LogP contribution in [0.3, 0.4) is 0 Å². The molecule has 2 rings (SSSR count). The number of anilines is 1. The van der Waals surface area contributed by atoms with Crippen LogP contribution in [0.4, 0.5) is 5.69 Å². The lowest BCUT2D eigenvalue weighted by molar-refractivity contribution is -0.133. The first-order valence-electron chi connectivity index (χ1n) is 5.68. The molecule has 1 aliphatic carbocycles. The summed E-state index contributed by atoms with van der Waals surface area (Å²) in [5.41, 5.74) is -0.643. The minimum Gasteiger partial charge on any atom is -0.481 e. The molecule has 0 radical (unpaired) electrons. The van der Waals surface area contributed by atoms with E-state index >= 15 is 0 Å². The molecule has 1 heterocycles. The predicted octanol–water partition coefficient (Wildman–Crippen LogP) is 1.33. The highest BCUT2D eigenvalue weighted by Gasteiger charge is 2.38. The zero-order chi connectivity index (χ0) is 12.3. The summed E-state index contributed by atoms with van der Waals surface area (Å²) in [5.74, 6) is 0.143. The summed E-state index contributed by atoms with van der Waals surface area (Å²) in [5, 5.41) is 12.7. The lowest BCUT2D eigenvalue weighted by atomic mass is 10.0. The van der Waals surface area contributed by atoms with Crippen LogP contribution in [0.25, 0.3) is 0 Å². The van der Waals surface area contributed by atoms with Crippen molar-refractivity contribution in [2.45, 2.75) is 31.3 Å². The Bertz CT molecular complexity index is 397. The van der Waals surface area contributed by atoms with Crippen LogP contribution in [0.2, 0.25) is 0 Å². The number of nitrogens with zero attached hydrogens (tertiary/aromatic N) is 1. The summed E-state index contributed by atoms with van der Waals surface area (Å²) in [6.45, 7) is 0. The molecule has 0 bridgehead atoms. The Balaban J connectivity index is 2.02. The van der Waals surface area contributed by atoms with Gasteiger partial charge in [-0.2, -0.15) is 0 Å². The summed E-state index contributed by atoms with van der Waals surface area (Å²) in [7, 11) is 1.53. The predicted molar refractivity (Wildman–Crippen MR) is 62.8 cm³/mol. The molecule has 1 fully saturated rings. The van der Waals surface area contributed by atoms with Crippen LogP contribution in [0.15, 0.2) is 18.3 Å². The maximum absolute atomic E-state index is 11.9. The van der Waals surface area contributed by atoms with Crippen molar-refractivity contribution in [1.29, 1.82) is 0 Å². The molecule has 1 aromatic heterocycles. The summed E-state index contributed by atoms with van der Waals surface area (Å²) >= 11 is 0. The largest absolute Gasteiger partial charge is 0.481 e. The van der Waals surface area contributed by atoms with Crippen molar-refractivity contribution in [2.24, 2.45) is 0 Å². The molecule has 5 heteroatoms. The van der Waals surface area contributed by atoms with Gasteiger partial charge in [-0.15, -0.1) is 0 Å². The van der Waals surface area contributed by atoms with E-state index in [2.05, 4.69) is 10.3 Å². The highest BCUT2D eigenvalue weighted by Crippen LogP contribution is 2.30. The van der Waals surface area contributed by atoms with E-state index in [1.54, 1.807) is 12.1 Å². The summed E-state index contributed by atoms with van der Waals surface area (Å²) < 4.78 is 4.92. The SMILES string of the molecule is COc1ccc(NC(=O)C2(O)CCCC2)cn1. The summed E-state index contributed by atoms with van der Waals surface area (Å²) in [4.78, 5) is 15.9. The molecule has 1 amide bonds. The fraction of sp³-hybridized carbons (Fsp3) is 0.500. The van der Waals surface area contributed by atoms with Crippen molar-refractivity contribution in [1.82, 2.24) is 4.98 Å². The van der Waals surface area contributed by atoms with Gasteiger partial charge < -0.3 is 15.2 Å². The third-order valence-corrected chi connectivity index (χ3v) is 3.06. The highest BCUT2D eigenvalue weighted by atomic mass is 16.5. The Morgan fingerprint density at radius 3 is 2.71 bits per heavy atom. The normalized spacial score (nSPS) is 17.8. The van der Waals surface area contributed by atoms with Gasteiger partial charge in [-0.1, -0.05) is 0 Å². The average molecular weight is 236 g/mol. The number of methoxy groups -OCH3 is 1. The smallest absolute Gasteiger partial charge is 0.256 e. The van der Waals surface area contributed by atoms with Crippen molar-refractivity contribution in [3.63, 3.8) is 0 Å². The lowest BCUT2D eigenvalue weighted by Crippen LogP contribution is -2.40. The standard InChI is InChI=1S/C12H16N2O3/c1-17-10-5-4-9(8-13-10)14-11(15)12(16)6-2-3-7-12/h4-5,8,16H,2-3,6-7H2,1H3,(H,14,15). The number of aromatic nitrogens is 1. The van der Waals surface area contributed by atoms with Gasteiger partial charge in [0.1, 0.15) is 5.60 Å².